The van der Waals surface area contributed by atoms with E-state index in [1.807, 2.05) is 25.1 Å². The van der Waals surface area contributed by atoms with Crippen LogP contribution in [0.5, 0.6) is 0 Å². The molecule has 1 unspecified atom stereocenters. The molecular weight excluding hydrogens is 218 g/mol. The Hall–Kier alpha value is -1.39. The van der Waals surface area contributed by atoms with Crippen molar-refractivity contribution in [2.45, 2.75) is 19.6 Å². The number of carbonyl (C=O) groups excluding carboxylic acids is 1. The van der Waals surface area contributed by atoms with Gasteiger partial charge in [-0.25, -0.2) is 4.79 Å². The van der Waals surface area contributed by atoms with Gasteiger partial charge < -0.3 is 9.47 Å². The number of carbonyl (C=O) groups is 1. The predicted molar refractivity (Wildman–Crippen MR) is 63.7 cm³/mol. The number of ether oxygens (including phenoxy) is 2. The van der Waals surface area contributed by atoms with Gasteiger partial charge in [-0.1, -0.05) is 18.2 Å². The summed E-state index contributed by atoms with van der Waals surface area (Å²) in [5.41, 5.74) is 1.59. The fraction of sp³-hybridized carbons (Fsp3) is 0.462. The molecule has 0 bridgehead atoms. The molecule has 0 aromatic heterocycles. The van der Waals surface area contributed by atoms with E-state index >= 15 is 0 Å². The summed E-state index contributed by atoms with van der Waals surface area (Å²) >= 11 is 0. The summed E-state index contributed by atoms with van der Waals surface area (Å²) in [6.07, 6.45) is 0.602. The van der Waals surface area contributed by atoms with E-state index in [1.165, 1.54) is 0 Å². The summed E-state index contributed by atoms with van der Waals surface area (Å²) in [5, 5.41) is 3.20. The topological polar surface area (TPSA) is 47.6 Å². The molecule has 1 heterocycles. The summed E-state index contributed by atoms with van der Waals surface area (Å²) < 4.78 is 10.5. The van der Waals surface area contributed by atoms with Crippen LogP contribution in [-0.4, -0.2) is 25.7 Å². The van der Waals surface area contributed by atoms with Crippen molar-refractivity contribution in [3.05, 3.63) is 35.4 Å². The molecule has 2 rings (SSSR count). The van der Waals surface area contributed by atoms with Gasteiger partial charge in [0.25, 0.3) is 0 Å². The van der Waals surface area contributed by atoms with Gasteiger partial charge in [-0.2, -0.15) is 0 Å². The first-order valence-corrected chi connectivity index (χ1v) is 5.94. The Kier molecular flexibility index (Phi) is 4.12. The van der Waals surface area contributed by atoms with E-state index in [1.54, 1.807) is 6.07 Å². The average molecular weight is 235 g/mol. The highest BCUT2D eigenvalue weighted by Crippen LogP contribution is 2.27. The number of hydrogen-bond acceptors (Lipinski definition) is 4. The molecule has 4 heteroatoms. The van der Waals surface area contributed by atoms with E-state index in [-0.39, 0.29) is 12.2 Å². The van der Waals surface area contributed by atoms with Crippen molar-refractivity contribution in [3.8, 4) is 0 Å². The lowest BCUT2D eigenvalue weighted by Crippen LogP contribution is -2.23. The number of cyclic esters (lactones) is 1. The maximum absolute atomic E-state index is 11.5. The second-order valence-corrected chi connectivity index (χ2v) is 3.88. The Balaban J connectivity index is 1.85. The van der Waals surface area contributed by atoms with Crippen molar-refractivity contribution >= 4 is 5.97 Å². The van der Waals surface area contributed by atoms with E-state index in [9.17, 15) is 4.79 Å². The minimum Gasteiger partial charge on any atom is -0.439 e. The van der Waals surface area contributed by atoms with E-state index < -0.39 is 0 Å². The fourth-order valence-corrected chi connectivity index (χ4v) is 1.85. The molecule has 4 nitrogen and oxygen atoms in total. The molecule has 92 valence electrons. The highest BCUT2D eigenvalue weighted by atomic mass is 16.6. The molecule has 1 aromatic rings. The third-order valence-corrected chi connectivity index (χ3v) is 2.69. The van der Waals surface area contributed by atoms with Gasteiger partial charge in [-0.3, -0.25) is 5.32 Å². The van der Waals surface area contributed by atoms with Gasteiger partial charge >= 0.3 is 5.97 Å². The number of rotatable bonds is 6. The Morgan fingerprint density at radius 2 is 2.24 bits per heavy atom. The molecule has 0 saturated heterocycles. The van der Waals surface area contributed by atoms with Crippen molar-refractivity contribution in [2.24, 2.45) is 0 Å². The largest absolute Gasteiger partial charge is 0.439 e. The highest BCUT2D eigenvalue weighted by molar-refractivity contribution is 5.93. The van der Waals surface area contributed by atoms with Crippen LogP contribution in [0.25, 0.3) is 0 Å². The first kappa shape index (κ1) is 12.1. The number of esters is 1. The minimum atomic E-state index is -0.305. The molecule has 1 aliphatic rings. The molecule has 0 spiro atoms. The molecule has 17 heavy (non-hydrogen) atoms. The summed E-state index contributed by atoms with van der Waals surface area (Å²) in [5.74, 6) is -0.247. The van der Waals surface area contributed by atoms with Crippen molar-refractivity contribution in [1.82, 2.24) is 5.32 Å². The first-order chi connectivity index (χ1) is 8.33. The smallest absolute Gasteiger partial charge is 0.340 e. The van der Waals surface area contributed by atoms with Crippen molar-refractivity contribution in [1.29, 1.82) is 0 Å². The van der Waals surface area contributed by atoms with Gasteiger partial charge in [0, 0.05) is 25.3 Å². The van der Waals surface area contributed by atoms with Crippen LogP contribution in [0.1, 0.15) is 35.5 Å². The van der Waals surface area contributed by atoms with Crippen LogP contribution >= 0.6 is 0 Å². The van der Waals surface area contributed by atoms with Crippen LogP contribution in [0.15, 0.2) is 24.3 Å². The summed E-state index contributed by atoms with van der Waals surface area (Å²) in [6.45, 7) is 4.21. The molecule has 0 saturated carbocycles. The zero-order valence-corrected chi connectivity index (χ0v) is 9.94. The highest BCUT2D eigenvalue weighted by Gasteiger charge is 2.29. The Labute approximate surface area is 101 Å². The number of nitrogens with one attached hydrogen (secondary N) is 1. The van der Waals surface area contributed by atoms with Crippen LogP contribution in [0.4, 0.5) is 0 Å². The van der Waals surface area contributed by atoms with Crippen LogP contribution in [0, 0.1) is 0 Å². The van der Waals surface area contributed by atoms with Crippen molar-refractivity contribution < 1.29 is 14.3 Å². The van der Waals surface area contributed by atoms with Gasteiger partial charge in [-0.15, -0.1) is 0 Å². The lowest BCUT2D eigenvalue weighted by Gasteiger charge is -2.12. The van der Waals surface area contributed by atoms with Crippen molar-refractivity contribution in [2.75, 3.05) is 19.8 Å². The monoisotopic (exact) mass is 235 g/mol. The number of benzene rings is 1. The minimum absolute atomic E-state index is 0.247. The van der Waals surface area contributed by atoms with Gasteiger partial charge in [0.15, 0.2) is 6.23 Å². The van der Waals surface area contributed by atoms with Crippen LogP contribution in [0.3, 0.4) is 0 Å². The molecule has 0 aliphatic carbocycles. The molecule has 0 amide bonds. The van der Waals surface area contributed by atoms with E-state index in [4.69, 9.17) is 9.47 Å². The molecule has 0 radical (unpaired) electrons. The molecule has 0 fully saturated rings. The van der Waals surface area contributed by atoms with E-state index in [0.29, 0.717) is 5.56 Å². The third kappa shape index (κ3) is 2.84. The Morgan fingerprint density at radius 3 is 3.06 bits per heavy atom. The number of fused-ring (bicyclic) bond motifs is 1. The molecular formula is C13H17NO3. The standard InChI is InChI=1S/C13H17NO3/c1-2-16-9-5-8-14-12-10-6-3-4-7-11(10)13(15)17-12/h3-4,6-7,12,14H,2,5,8-9H2,1H3. The first-order valence-electron chi connectivity index (χ1n) is 5.94. The Morgan fingerprint density at radius 1 is 1.41 bits per heavy atom. The van der Waals surface area contributed by atoms with E-state index in [2.05, 4.69) is 5.32 Å². The quantitative estimate of drug-likeness (QED) is 0.604. The van der Waals surface area contributed by atoms with Gasteiger partial charge in [0.2, 0.25) is 0 Å². The third-order valence-electron chi connectivity index (χ3n) is 2.69. The number of hydrogen-bond donors (Lipinski definition) is 1. The molecule has 1 N–H and O–H groups in total. The van der Waals surface area contributed by atoms with Crippen LogP contribution < -0.4 is 5.32 Å². The van der Waals surface area contributed by atoms with Gasteiger partial charge in [0.1, 0.15) is 0 Å². The fourth-order valence-electron chi connectivity index (χ4n) is 1.85. The Bertz CT molecular complexity index is 392. The predicted octanol–water partition coefficient (Wildman–Crippen LogP) is 1.87. The van der Waals surface area contributed by atoms with Crippen LogP contribution in [0.2, 0.25) is 0 Å². The zero-order valence-electron chi connectivity index (χ0n) is 9.94. The summed E-state index contributed by atoms with van der Waals surface area (Å²) in [7, 11) is 0. The maximum atomic E-state index is 11.5. The summed E-state index contributed by atoms with van der Waals surface area (Å²) in [4.78, 5) is 11.5. The molecule has 1 atom stereocenters. The van der Waals surface area contributed by atoms with Gasteiger partial charge in [0.05, 0.1) is 5.56 Å². The van der Waals surface area contributed by atoms with E-state index in [0.717, 1.165) is 31.7 Å². The molecule has 1 aliphatic heterocycles. The lowest BCUT2D eigenvalue weighted by molar-refractivity contribution is 0.0302. The molecule has 1 aromatic carbocycles. The summed E-state index contributed by atoms with van der Waals surface area (Å²) in [6, 6.07) is 7.47. The van der Waals surface area contributed by atoms with Crippen LogP contribution in [-0.2, 0) is 9.47 Å². The normalized spacial score (nSPS) is 17.9. The zero-order chi connectivity index (χ0) is 12.1. The maximum Gasteiger partial charge on any atom is 0.340 e. The second-order valence-electron chi connectivity index (χ2n) is 3.88. The SMILES string of the molecule is CCOCCCNC1OC(=O)c2ccccc21. The lowest BCUT2D eigenvalue weighted by atomic mass is 10.1. The van der Waals surface area contributed by atoms with Crippen molar-refractivity contribution in [3.63, 3.8) is 0 Å². The second kappa shape index (κ2) is 5.80. The average Bonchev–Trinajstić information content (AvgIpc) is 2.67. The van der Waals surface area contributed by atoms with Gasteiger partial charge in [-0.05, 0) is 19.4 Å².